The molecule has 0 aliphatic carbocycles. The molecular formula is C27H27F4N5O4. The third-order valence-corrected chi connectivity index (χ3v) is 6.81. The summed E-state index contributed by atoms with van der Waals surface area (Å²) in [5.41, 5.74) is -2.90. The Balaban J connectivity index is 1.46. The van der Waals surface area contributed by atoms with Crippen molar-refractivity contribution in [3.63, 3.8) is 0 Å². The van der Waals surface area contributed by atoms with E-state index in [-0.39, 0.29) is 37.3 Å². The second kappa shape index (κ2) is 10.7. The van der Waals surface area contributed by atoms with E-state index in [1.165, 1.54) is 9.80 Å². The molecule has 212 valence electrons. The zero-order valence-electron chi connectivity index (χ0n) is 21.9. The van der Waals surface area contributed by atoms with Crippen LogP contribution in [0, 0.1) is 5.82 Å². The van der Waals surface area contributed by atoms with Crippen LogP contribution in [-0.4, -0.2) is 68.7 Å². The van der Waals surface area contributed by atoms with E-state index in [0.717, 1.165) is 6.07 Å². The van der Waals surface area contributed by atoms with Crippen molar-refractivity contribution >= 4 is 28.8 Å². The molecule has 9 nitrogen and oxygen atoms in total. The Bertz CT molecular complexity index is 1540. The number of fused-ring (bicyclic) bond motifs is 1. The van der Waals surface area contributed by atoms with Crippen LogP contribution in [0.2, 0.25) is 0 Å². The Kier molecular flexibility index (Phi) is 7.68. The minimum absolute atomic E-state index is 0.0243. The van der Waals surface area contributed by atoms with Gasteiger partial charge in [0.1, 0.15) is 11.9 Å². The van der Waals surface area contributed by atoms with E-state index in [2.05, 4.69) is 15.3 Å². The summed E-state index contributed by atoms with van der Waals surface area (Å²) < 4.78 is 52.8. The molecule has 1 aromatic heterocycles. The summed E-state index contributed by atoms with van der Waals surface area (Å²) in [5.74, 6) is -3.48. The van der Waals surface area contributed by atoms with Gasteiger partial charge in [0.05, 0.1) is 22.1 Å². The van der Waals surface area contributed by atoms with E-state index >= 15 is 0 Å². The van der Waals surface area contributed by atoms with Gasteiger partial charge < -0.3 is 20.1 Å². The molecule has 1 aliphatic rings. The molecule has 0 bridgehead atoms. The molecule has 0 unspecified atom stereocenters. The van der Waals surface area contributed by atoms with Crippen LogP contribution in [0.1, 0.15) is 53.6 Å². The van der Waals surface area contributed by atoms with Crippen molar-refractivity contribution in [3.05, 3.63) is 75.5 Å². The number of nitrogens with one attached hydrogen (secondary N) is 2. The lowest BCUT2D eigenvalue weighted by molar-refractivity contribution is -0.140. The summed E-state index contributed by atoms with van der Waals surface area (Å²) in [7, 11) is 0. The fourth-order valence-corrected chi connectivity index (χ4v) is 4.72. The number of H-pyrrole nitrogens is 1. The molecule has 13 heteroatoms. The number of carbonyl (C=O) groups excluding carboxylic acids is 3. The third-order valence-electron chi connectivity index (χ3n) is 6.81. The lowest BCUT2D eigenvalue weighted by Gasteiger charge is -2.47. The number of halogens is 4. The zero-order valence-corrected chi connectivity index (χ0v) is 21.9. The Morgan fingerprint density at radius 3 is 2.45 bits per heavy atom. The molecule has 2 N–H and O–H groups in total. The van der Waals surface area contributed by atoms with E-state index in [9.17, 15) is 36.7 Å². The van der Waals surface area contributed by atoms with Gasteiger partial charge in [-0.05, 0) is 50.6 Å². The predicted molar refractivity (Wildman–Crippen MR) is 137 cm³/mol. The fraction of sp³-hybridized carbons (Fsp3) is 0.370. The molecule has 3 amide bonds. The molecule has 0 radical (unpaired) electrons. The highest BCUT2D eigenvalue weighted by Crippen LogP contribution is 2.32. The highest BCUT2D eigenvalue weighted by Gasteiger charge is 2.41. The van der Waals surface area contributed by atoms with Gasteiger partial charge in [-0.25, -0.2) is 9.37 Å². The molecule has 1 fully saturated rings. The van der Waals surface area contributed by atoms with Crippen LogP contribution >= 0.6 is 0 Å². The molecule has 2 heterocycles. The molecule has 1 saturated heterocycles. The Hall–Kier alpha value is -4.29. The Morgan fingerprint density at radius 2 is 1.82 bits per heavy atom. The Morgan fingerprint density at radius 1 is 1.12 bits per heavy atom. The first kappa shape index (κ1) is 28.7. The van der Waals surface area contributed by atoms with Crippen LogP contribution in [0.25, 0.3) is 11.0 Å². The number of piperazine rings is 1. The van der Waals surface area contributed by atoms with Crippen LogP contribution in [0.3, 0.4) is 0 Å². The summed E-state index contributed by atoms with van der Waals surface area (Å²) >= 11 is 0. The standard InChI is InChI=1S/C27H27F4N5O4/c1-4-18(33-22(37)21-23(38)34-20-8-6-5-7-19(20)32-21)25(40)35-11-12-36(26(2,3)14-35)24(39)15-9-10-16(17(28)13-15)27(29,30)31/h5-10,13,18H,4,11-12,14H2,1-3H3,(H,33,37)(H,34,38)/t18-/m0/s1. The van der Waals surface area contributed by atoms with Crippen molar-refractivity contribution in [2.75, 3.05) is 19.6 Å². The van der Waals surface area contributed by atoms with E-state index in [0.29, 0.717) is 23.2 Å². The molecule has 1 aliphatic heterocycles. The van der Waals surface area contributed by atoms with Crippen LogP contribution in [0.15, 0.2) is 47.3 Å². The highest BCUT2D eigenvalue weighted by molar-refractivity contribution is 5.97. The van der Waals surface area contributed by atoms with Gasteiger partial charge in [-0.15, -0.1) is 0 Å². The van der Waals surface area contributed by atoms with Gasteiger partial charge in [-0.2, -0.15) is 13.2 Å². The van der Waals surface area contributed by atoms with E-state index in [1.54, 1.807) is 45.0 Å². The summed E-state index contributed by atoms with van der Waals surface area (Å²) in [6.07, 6.45) is -4.68. The van der Waals surface area contributed by atoms with Crippen molar-refractivity contribution in [2.24, 2.45) is 0 Å². The minimum atomic E-state index is -4.89. The first-order valence-electron chi connectivity index (χ1n) is 12.5. The summed E-state index contributed by atoms with van der Waals surface area (Å²) in [6, 6.07) is 7.71. The van der Waals surface area contributed by atoms with Gasteiger partial charge >= 0.3 is 6.18 Å². The molecule has 1 atom stereocenters. The number of aromatic nitrogens is 2. The first-order chi connectivity index (χ1) is 18.7. The van der Waals surface area contributed by atoms with Gasteiger partial charge in [0.2, 0.25) is 5.91 Å². The molecule has 40 heavy (non-hydrogen) atoms. The minimum Gasteiger partial charge on any atom is -0.339 e. The van der Waals surface area contributed by atoms with Gasteiger partial charge in [0.15, 0.2) is 5.69 Å². The number of aromatic amines is 1. The number of benzene rings is 2. The quantitative estimate of drug-likeness (QED) is 0.464. The third kappa shape index (κ3) is 5.68. The number of alkyl halides is 3. The predicted octanol–water partition coefficient (Wildman–Crippen LogP) is 3.35. The van der Waals surface area contributed by atoms with E-state index in [1.807, 2.05) is 0 Å². The second-order valence-electron chi connectivity index (χ2n) is 10.1. The van der Waals surface area contributed by atoms with Gasteiger partial charge in [-0.3, -0.25) is 19.2 Å². The number of rotatable bonds is 5. The number of hydrogen-bond donors (Lipinski definition) is 2. The number of carbonyl (C=O) groups is 3. The van der Waals surface area contributed by atoms with Crippen molar-refractivity contribution in [2.45, 2.75) is 44.9 Å². The van der Waals surface area contributed by atoms with E-state index in [4.69, 9.17) is 0 Å². The van der Waals surface area contributed by atoms with Crippen LogP contribution in [0.4, 0.5) is 17.6 Å². The largest absolute Gasteiger partial charge is 0.419 e. The highest BCUT2D eigenvalue weighted by atomic mass is 19.4. The zero-order chi connectivity index (χ0) is 29.4. The lowest BCUT2D eigenvalue weighted by atomic mass is 9.96. The average Bonchev–Trinajstić information content (AvgIpc) is 2.89. The summed E-state index contributed by atoms with van der Waals surface area (Å²) in [5, 5.41) is 2.57. The maximum absolute atomic E-state index is 14.1. The maximum atomic E-state index is 14.1. The fourth-order valence-electron chi connectivity index (χ4n) is 4.72. The molecule has 2 aromatic carbocycles. The monoisotopic (exact) mass is 561 g/mol. The summed E-state index contributed by atoms with van der Waals surface area (Å²) in [6.45, 7) is 5.16. The SMILES string of the molecule is CC[C@H](NC(=O)c1nc2ccccc2[nH]c1=O)C(=O)N1CCN(C(=O)c2ccc(C(F)(F)F)c(F)c2)C(C)(C)C1. The van der Waals surface area contributed by atoms with Crippen molar-refractivity contribution in [3.8, 4) is 0 Å². The van der Waals surface area contributed by atoms with Crippen molar-refractivity contribution in [1.82, 2.24) is 25.1 Å². The topological polar surface area (TPSA) is 115 Å². The normalized spacial score (nSPS) is 16.1. The average molecular weight is 562 g/mol. The first-order valence-corrected chi connectivity index (χ1v) is 12.5. The molecule has 4 rings (SSSR count). The molecule has 0 spiro atoms. The molecular weight excluding hydrogens is 534 g/mol. The smallest absolute Gasteiger partial charge is 0.339 e. The van der Waals surface area contributed by atoms with Gasteiger partial charge in [0.25, 0.3) is 17.4 Å². The van der Waals surface area contributed by atoms with Crippen LogP contribution in [-0.2, 0) is 11.0 Å². The number of para-hydroxylation sites is 2. The number of amides is 3. The lowest BCUT2D eigenvalue weighted by Crippen LogP contribution is -2.64. The van der Waals surface area contributed by atoms with E-state index < -0.39 is 52.4 Å². The van der Waals surface area contributed by atoms with Crippen LogP contribution < -0.4 is 10.9 Å². The van der Waals surface area contributed by atoms with Crippen molar-refractivity contribution in [1.29, 1.82) is 0 Å². The second-order valence-corrected chi connectivity index (χ2v) is 10.1. The molecule has 0 saturated carbocycles. The van der Waals surface area contributed by atoms with Crippen molar-refractivity contribution < 1.29 is 31.9 Å². The van der Waals surface area contributed by atoms with Gasteiger partial charge in [-0.1, -0.05) is 19.1 Å². The Labute approximate surface area is 226 Å². The number of hydrogen-bond acceptors (Lipinski definition) is 5. The van der Waals surface area contributed by atoms with Gasteiger partial charge in [0, 0.05) is 25.2 Å². The number of nitrogens with zero attached hydrogens (tertiary/aromatic N) is 3. The maximum Gasteiger partial charge on any atom is 0.419 e. The summed E-state index contributed by atoms with van der Waals surface area (Å²) in [4.78, 5) is 61.3. The molecule has 3 aromatic rings. The van der Waals surface area contributed by atoms with Crippen LogP contribution in [0.5, 0.6) is 0 Å².